The number of aromatic nitrogens is 3. The second-order valence-corrected chi connectivity index (χ2v) is 3.91. The molecule has 1 aromatic heterocycles. The topological polar surface area (TPSA) is 30.7 Å². The Hall–Kier alpha value is -1.16. The monoisotopic (exact) mass is 251 g/mol. The summed E-state index contributed by atoms with van der Waals surface area (Å²) in [7, 11) is 1.88. The predicted octanol–water partition coefficient (Wildman–Crippen LogP) is 2.55. The minimum atomic E-state index is 0.622. The van der Waals surface area contributed by atoms with Crippen molar-refractivity contribution in [3.63, 3.8) is 0 Å². The zero-order valence-corrected chi connectivity index (χ0v) is 9.62. The quantitative estimate of drug-likeness (QED) is 0.780. The first-order valence-corrected chi connectivity index (χ1v) is 5.09. The van der Waals surface area contributed by atoms with Crippen LogP contribution in [0.4, 0.5) is 0 Å². The van der Waals surface area contributed by atoms with Gasteiger partial charge in [-0.2, -0.15) is 0 Å². The Labute approximate surface area is 90.9 Å². The zero-order chi connectivity index (χ0) is 10.1. The van der Waals surface area contributed by atoms with Gasteiger partial charge in [-0.3, -0.25) is 0 Å². The van der Waals surface area contributed by atoms with Crippen LogP contribution in [0.25, 0.3) is 11.4 Å². The van der Waals surface area contributed by atoms with Crippen LogP contribution in [0.2, 0.25) is 0 Å². The highest BCUT2D eigenvalue weighted by molar-refractivity contribution is 9.10. The molecule has 0 radical (unpaired) electrons. The van der Waals surface area contributed by atoms with Gasteiger partial charge in [-0.1, -0.05) is 23.8 Å². The molecule has 4 heteroatoms. The lowest BCUT2D eigenvalue weighted by Crippen LogP contribution is -1.94. The van der Waals surface area contributed by atoms with E-state index in [2.05, 4.69) is 45.1 Å². The molecule has 72 valence electrons. The highest BCUT2D eigenvalue weighted by Crippen LogP contribution is 2.19. The number of benzene rings is 1. The molecule has 0 atom stereocenters. The van der Waals surface area contributed by atoms with Crippen molar-refractivity contribution in [1.82, 2.24) is 14.8 Å². The summed E-state index contributed by atoms with van der Waals surface area (Å²) in [6, 6.07) is 8.21. The van der Waals surface area contributed by atoms with Gasteiger partial charge >= 0.3 is 0 Å². The van der Waals surface area contributed by atoms with Gasteiger partial charge in [0.2, 0.25) is 4.73 Å². The Bertz CT molecular complexity index is 462. The average molecular weight is 252 g/mol. The molecule has 0 aliphatic rings. The standard InChI is InChI=1S/C10H10BrN3/c1-7-4-3-5-8(6-7)9-12-10(11)13-14(9)2/h3-6H,1-2H3. The van der Waals surface area contributed by atoms with E-state index in [0.717, 1.165) is 11.4 Å². The lowest BCUT2D eigenvalue weighted by Gasteiger charge is -2.00. The summed E-state index contributed by atoms with van der Waals surface area (Å²) in [6.07, 6.45) is 0. The molecule has 0 unspecified atom stereocenters. The van der Waals surface area contributed by atoms with Gasteiger partial charge in [-0.05, 0) is 28.9 Å². The number of aryl methyl sites for hydroxylation is 2. The molecule has 2 rings (SSSR count). The molecule has 1 heterocycles. The molecular weight excluding hydrogens is 242 g/mol. The van der Waals surface area contributed by atoms with Crippen molar-refractivity contribution >= 4 is 15.9 Å². The lowest BCUT2D eigenvalue weighted by molar-refractivity contribution is 0.768. The van der Waals surface area contributed by atoms with Crippen molar-refractivity contribution in [3.8, 4) is 11.4 Å². The van der Waals surface area contributed by atoms with E-state index in [1.54, 1.807) is 4.68 Å². The van der Waals surface area contributed by atoms with E-state index in [-0.39, 0.29) is 0 Å². The summed E-state index contributed by atoms with van der Waals surface area (Å²) in [5.74, 6) is 0.876. The second kappa shape index (κ2) is 3.53. The molecule has 2 aromatic rings. The van der Waals surface area contributed by atoms with Crippen LogP contribution in [0.3, 0.4) is 0 Å². The van der Waals surface area contributed by atoms with Crippen LogP contribution in [0.15, 0.2) is 29.0 Å². The third-order valence-electron chi connectivity index (χ3n) is 2.01. The Morgan fingerprint density at radius 1 is 1.36 bits per heavy atom. The molecular formula is C10H10BrN3. The SMILES string of the molecule is Cc1cccc(-c2nc(Br)nn2C)c1. The Kier molecular flexibility index (Phi) is 2.37. The summed E-state index contributed by atoms with van der Waals surface area (Å²) in [5, 5.41) is 4.14. The third-order valence-corrected chi connectivity index (χ3v) is 2.35. The number of hydrogen-bond acceptors (Lipinski definition) is 2. The molecule has 14 heavy (non-hydrogen) atoms. The minimum absolute atomic E-state index is 0.622. The van der Waals surface area contributed by atoms with E-state index in [1.807, 2.05) is 19.2 Å². The fourth-order valence-electron chi connectivity index (χ4n) is 1.39. The first kappa shape index (κ1) is 9.40. The van der Waals surface area contributed by atoms with Crippen molar-refractivity contribution in [1.29, 1.82) is 0 Å². The van der Waals surface area contributed by atoms with Gasteiger partial charge in [0.05, 0.1) is 0 Å². The maximum Gasteiger partial charge on any atom is 0.217 e. The van der Waals surface area contributed by atoms with E-state index in [0.29, 0.717) is 4.73 Å². The fraction of sp³-hybridized carbons (Fsp3) is 0.200. The first-order chi connectivity index (χ1) is 6.66. The summed E-state index contributed by atoms with van der Waals surface area (Å²) in [4.78, 5) is 4.29. The van der Waals surface area contributed by atoms with Crippen LogP contribution in [0.5, 0.6) is 0 Å². The van der Waals surface area contributed by atoms with E-state index in [9.17, 15) is 0 Å². The molecule has 0 aliphatic heterocycles. The second-order valence-electron chi connectivity index (χ2n) is 3.20. The summed E-state index contributed by atoms with van der Waals surface area (Å²) in [5.41, 5.74) is 2.31. The Morgan fingerprint density at radius 2 is 2.14 bits per heavy atom. The van der Waals surface area contributed by atoms with Crippen LogP contribution in [-0.4, -0.2) is 14.8 Å². The van der Waals surface area contributed by atoms with Crippen LogP contribution in [-0.2, 0) is 7.05 Å². The van der Waals surface area contributed by atoms with Crippen LogP contribution in [0, 0.1) is 6.92 Å². The largest absolute Gasteiger partial charge is 0.248 e. The highest BCUT2D eigenvalue weighted by Gasteiger charge is 2.06. The first-order valence-electron chi connectivity index (χ1n) is 4.30. The van der Waals surface area contributed by atoms with Crippen LogP contribution in [0.1, 0.15) is 5.56 Å². The Balaban J connectivity index is 2.54. The summed E-state index contributed by atoms with van der Waals surface area (Å²) in [6.45, 7) is 2.06. The number of hydrogen-bond donors (Lipinski definition) is 0. The molecule has 0 saturated carbocycles. The molecule has 0 spiro atoms. The van der Waals surface area contributed by atoms with Crippen LogP contribution >= 0.6 is 15.9 Å². The van der Waals surface area contributed by atoms with Crippen LogP contribution < -0.4 is 0 Å². The van der Waals surface area contributed by atoms with Crippen molar-refractivity contribution in [2.45, 2.75) is 6.92 Å². The molecule has 0 amide bonds. The van der Waals surface area contributed by atoms with E-state index < -0.39 is 0 Å². The normalized spacial score (nSPS) is 10.5. The van der Waals surface area contributed by atoms with Gasteiger partial charge in [0, 0.05) is 12.6 Å². The maximum absolute atomic E-state index is 4.29. The third kappa shape index (κ3) is 1.70. The van der Waals surface area contributed by atoms with Crippen molar-refractivity contribution in [2.24, 2.45) is 7.05 Å². The van der Waals surface area contributed by atoms with E-state index in [1.165, 1.54) is 5.56 Å². The van der Waals surface area contributed by atoms with Gasteiger partial charge in [0.1, 0.15) is 0 Å². The smallest absolute Gasteiger partial charge is 0.217 e. The fourth-order valence-corrected chi connectivity index (χ4v) is 1.79. The summed E-state index contributed by atoms with van der Waals surface area (Å²) < 4.78 is 2.38. The zero-order valence-electron chi connectivity index (χ0n) is 8.03. The van der Waals surface area contributed by atoms with E-state index in [4.69, 9.17) is 0 Å². The van der Waals surface area contributed by atoms with Gasteiger partial charge in [-0.15, -0.1) is 5.10 Å². The molecule has 0 aliphatic carbocycles. The van der Waals surface area contributed by atoms with Gasteiger partial charge in [0.15, 0.2) is 5.82 Å². The maximum atomic E-state index is 4.29. The van der Waals surface area contributed by atoms with Gasteiger partial charge in [0.25, 0.3) is 0 Å². The van der Waals surface area contributed by atoms with Crippen molar-refractivity contribution in [3.05, 3.63) is 34.6 Å². The number of halogens is 1. The van der Waals surface area contributed by atoms with Gasteiger partial charge in [-0.25, -0.2) is 9.67 Å². The highest BCUT2D eigenvalue weighted by atomic mass is 79.9. The predicted molar refractivity (Wildman–Crippen MR) is 58.9 cm³/mol. The molecule has 1 aromatic carbocycles. The molecule has 0 N–H and O–H groups in total. The molecule has 0 fully saturated rings. The number of rotatable bonds is 1. The Morgan fingerprint density at radius 3 is 2.71 bits per heavy atom. The molecule has 0 saturated heterocycles. The van der Waals surface area contributed by atoms with Crippen molar-refractivity contribution in [2.75, 3.05) is 0 Å². The summed E-state index contributed by atoms with van der Waals surface area (Å²) >= 11 is 3.26. The average Bonchev–Trinajstić information content (AvgIpc) is 2.45. The minimum Gasteiger partial charge on any atom is -0.248 e. The molecule has 0 bridgehead atoms. The van der Waals surface area contributed by atoms with Crippen molar-refractivity contribution < 1.29 is 0 Å². The number of nitrogens with zero attached hydrogens (tertiary/aromatic N) is 3. The lowest BCUT2D eigenvalue weighted by atomic mass is 10.1. The molecule has 3 nitrogen and oxygen atoms in total. The van der Waals surface area contributed by atoms with Gasteiger partial charge < -0.3 is 0 Å². The van der Waals surface area contributed by atoms with E-state index >= 15 is 0 Å².